The first-order valence-electron chi connectivity index (χ1n) is 8.52. The fraction of sp³-hybridized carbons (Fsp3) is 0.316. The number of nitrogens with zero attached hydrogens (tertiary/aromatic N) is 1. The summed E-state index contributed by atoms with van der Waals surface area (Å²) in [6, 6.07) is 14.2. The summed E-state index contributed by atoms with van der Waals surface area (Å²) in [6.07, 6.45) is 0.410. The molecule has 0 heterocycles. The van der Waals surface area contributed by atoms with Gasteiger partial charge in [0.1, 0.15) is 0 Å². The van der Waals surface area contributed by atoms with E-state index in [1.165, 1.54) is 0 Å². The molecule has 0 aliphatic heterocycles. The number of guanidine groups is 1. The fourth-order valence-electron chi connectivity index (χ4n) is 2.58. The lowest BCUT2D eigenvalue weighted by Gasteiger charge is -2.16. The minimum absolute atomic E-state index is 0. The summed E-state index contributed by atoms with van der Waals surface area (Å²) in [7, 11) is -3.17. The van der Waals surface area contributed by atoms with Crippen molar-refractivity contribution in [2.45, 2.75) is 25.1 Å². The molecular weight excluding hydrogens is 532 g/mol. The Morgan fingerprint density at radius 2 is 1.86 bits per heavy atom. The van der Waals surface area contributed by atoms with Crippen LogP contribution in [-0.2, 0) is 15.6 Å². The van der Waals surface area contributed by atoms with Gasteiger partial charge in [-0.3, -0.25) is 4.99 Å². The van der Waals surface area contributed by atoms with Crippen molar-refractivity contribution in [1.29, 1.82) is 0 Å². The summed E-state index contributed by atoms with van der Waals surface area (Å²) in [5.41, 5.74) is 7.52. The third-order valence-corrected chi connectivity index (χ3v) is 6.16. The zero-order valence-corrected chi connectivity index (χ0v) is 20.1. The van der Waals surface area contributed by atoms with E-state index in [9.17, 15) is 8.42 Å². The number of hydrogen-bond acceptors (Lipinski definition) is 3. The highest BCUT2D eigenvalue weighted by Gasteiger charge is 2.12. The van der Waals surface area contributed by atoms with Gasteiger partial charge in [-0.25, -0.2) is 8.42 Å². The van der Waals surface area contributed by atoms with Crippen LogP contribution in [0.1, 0.15) is 30.5 Å². The summed E-state index contributed by atoms with van der Waals surface area (Å²) >= 11 is 12.1. The molecule has 0 fully saturated rings. The largest absolute Gasteiger partial charge is 0.370 e. The second kappa shape index (κ2) is 11.8. The number of nitrogens with one attached hydrogen (secondary N) is 1. The summed E-state index contributed by atoms with van der Waals surface area (Å²) < 4.78 is 24.3. The topological polar surface area (TPSA) is 84.5 Å². The Morgan fingerprint density at radius 3 is 2.50 bits per heavy atom. The molecule has 0 bridgehead atoms. The molecule has 28 heavy (non-hydrogen) atoms. The van der Waals surface area contributed by atoms with Crippen LogP contribution in [0.3, 0.4) is 0 Å². The van der Waals surface area contributed by atoms with Gasteiger partial charge in [0.25, 0.3) is 0 Å². The number of nitrogens with two attached hydrogens (primary N) is 1. The van der Waals surface area contributed by atoms with Gasteiger partial charge >= 0.3 is 0 Å². The summed E-state index contributed by atoms with van der Waals surface area (Å²) in [4.78, 5) is 4.20. The maximum atomic E-state index is 12.2. The number of hydrogen-bond donors (Lipinski definition) is 2. The third kappa shape index (κ3) is 8.55. The molecule has 0 aromatic heterocycles. The predicted octanol–water partition coefficient (Wildman–Crippen LogP) is 4.58. The minimum Gasteiger partial charge on any atom is -0.370 e. The van der Waals surface area contributed by atoms with E-state index in [-0.39, 0.29) is 47.5 Å². The second-order valence-corrected chi connectivity index (χ2v) is 9.26. The zero-order chi connectivity index (χ0) is 19.9. The van der Waals surface area contributed by atoms with Crippen LogP contribution >= 0.6 is 47.2 Å². The van der Waals surface area contributed by atoms with Gasteiger partial charge < -0.3 is 11.1 Å². The summed E-state index contributed by atoms with van der Waals surface area (Å²) in [5, 5.41) is 4.15. The smallest absolute Gasteiger partial charge is 0.189 e. The number of halogens is 3. The van der Waals surface area contributed by atoms with E-state index in [1.807, 2.05) is 31.2 Å². The Kier molecular flexibility index (Phi) is 10.6. The SMILES string of the molecule is CC(NC(N)=NCCCS(=O)(=O)Cc1ccccc1)c1ccc(Cl)cc1Cl.I. The normalized spacial score (nSPS) is 12.9. The van der Waals surface area contributed by atoms with E-state index >= 15 is 0 Å². The Labute approximate surface area is 193 Å². The third-order valence-electron chi connectivity index (χ3n) is 3.92. The average molecular weight is 556 g/mol. The van der Waals surface area contributed by atoms with Crippen molar-refractivity contribution >= 4 is 63.0 Å². The fourth-order valence-corrected chi connectivity index (χ4v) is 4.57. The molecule has 154 valence electrons. The van der Waals surface area contributed by atoms with Crippen molar-refractivity contribution < 1.29 is 8.42 Å². The Bertz CT molecular complexity index is 893. The van der Waals surface area contributed by atoms with Gasteiger partial charge in [-0.1, -0.05) is 59.6 Å². The first kappa shape index (κ1) is 25.0. The van der Waals surface area contributed by atoms with Gasteiger partial charge in [-0.05, 0) is 36.6 Å². The van der Waals surface area contributed by atoms with Crippen molar-refractivity contribution in [3.05, 3.63) is 69.7 Å². The van der Waals surface area contributed by atoms with E-state index in [0.717, 1.165) is 11.1 Å². The highest BCUT2D eigenvalue weighted by Crippen LogP contribution is 2.25. The minimum atomic E-state index is -3.17. The molecule has 5 nitrogen and oxygen atoms in total. The molecule has 0 amide bonds. The van der Waals surface area contributed by atoms with E-state index in [4.69, 9.17) is 28.9 Å². The highest BCUT2D eigenvalue weighted by molar-refractivity contribution is 14.0. The van der Waals surface area contributed by atoms with Gasteiger partial charge in [0.2, 0.25) is 0 Å². The van der Waals surface area contributed by atoms with Crippen molar-refractivity contribution in [2.75, 3.05) is 12.3 Å². The van der Waals surface area contributed by atoms with Crippen molar-refractivity contribution in [2.24, 2.45) is 10.7 Å². The van der Waals surface area contributed by atoms with E-state index in [1.54, 1.807) is 24.3 Å². The lowest BCUT2D eigenvalue weighted by Crippen LogP contribution is -2.34. The molecule has 0 radical (unpaired) electrons. The first-order valence-corrected chi connectivity index (χ1v) is 11.1. The van der Waals surface area contributed by atoms with E-state index in [0.29, 0.717) is 23.0 Å². The zero-order valence-electron chi connectivity index (χ0n) is 15.4. The number of aliphatic imine (C=N–C) groups is 1. The maximum absolute atomic E-state index is 12.2. The number of rotatable bonds is 8. The van der Waals surface area contributed by atoms with Crippen LogP contribution in [0, 0.1) is 0 Å². The molecule has 0 aliphatic carbocycles. The Morgan fingerprint density at radius 1 is 1.18 bits per heavy atom. The molecule has 2 aromatic rings. The van der Waals surface area contributed by atoms with Gasteiger partial charge in [0, 0.05) is 16.6 Å². The standard InChI is InChI=1S/C19H23Cl2N3O2S.HI/c1-14(17-9-8-16(20)12-18(17)21)24-19(22)23-10-5-11-27(25,26)13-15-6-3-2-4-7-15;/h2-4,6-9,12,14H,5,10-11,13H2,1H3,(H3,22,23,24);1H. The lowest BCUT2D eigenvalue weighted by molar-refractivity contribution is 0.592. The average Bonchev–Trinajstić information content (AvgIpc) is 2.59. The summed E-state index contributed by atoms with van der Waals surface area (Å²) in [5.74, 6) is 0.350. The lowest BCUT2D eigenvalue weighted by atomic mass is 10.1. The van der Waals surface area contributed by atoms with Crippen LogP contribution < -0.4 is 11.1 Å². The molecule has 3 N–H and O–H groups in total. The monoisotopic (exact) mass is 555 g/mol. The molecule has 9 heteroatoms. The van der Waals surface area contributed by atoms with Crippen LogP contribution in [0.25, 0.3) is 0 Å². The number of sulfone groups is 1. The Hall–Kier alpha value is -1.03. The van der Waals surface area contributed by atoms with Gasteiger partial charge in [0.15, 0.2) is 15.8 Å². The quantitative estimate of drug-likeness (QED) is 0.216. The maximum Gasteiger partial charge on any atom is 0.189 e. The molecule has 0 aliphatic rings. The molecule has 1 atom stereocenters. The molecule has 1 unspecified atom stereocenters. The van der Waals surface area contributed by atoms with E-state index < -0.39 is 9.84 Å². The van der Waals surface area contributed by atoms with E-state index in [2.05, 4.69) is 10.3 Å². The Balaban J connectivity index is 0.00000392. The molecule has 2 rings (SSSR count). The second-order valence-electron chi connectivity index (χ2n) is 6.23. The molecular formula is C19H24Cl2IN3O2S. The van der Waals surface area contributed by atoms with Gasteiger partial charge in [-0.2, -0.15) is 0 Å². The van der Waals surface area contributed by atoms with Crippen LogP contribution in [0.2, 0.25) is 10.0 Å². The predicted molar refractivity (Wildman–Crippen MR) is 128 cm³/mol. The molecule has 0 saturated heterocycles. The molecule has 0 saturated carbocycles. The first-order chi connectivity index (χ1) is 12.8. The summed E-state index contributed by atoms with van der Waals surface area (Å²) in [6.45, 7) is 2.23. The highest BCUT2D eigenvalue weighted by atomic mass is 127. The molecule has 2 aromatic carbocycles. The van der Waals surface area contributed by atoms with Crippen LogP contribution in [0.15, 0.2) is 53.5 Å². The van der Waals surface area contributed by atoms with Crippen LogP contribution in [0.4, 0.5) is 0 Å². The van der Waals surface area contributed by atoms with Gasteiger partial charge in [0.05, 0.1) is 17.5 Å². The van der Waals surface area contributed by atoms with Crippen molar-refractivity contribution in [1.82, 2.24) is 5.32 Å². The van der Waals surface area contributed by atoms with Gasteiger partial charge in [-0.15, -0.1) is 24.0 Å². The van der Waals surface area contributed by atoms with Crippen LogP contribution in [0.5, 0.6) is 0 Å². The molecule has 0 spiro atoms. The van der Waals surface area contributed by atoms with Crippen molar-refractivity contribution in [3.8, 4) is 0 Å². The van der Waals surface area contributed by atoms with Crippen LogP contribution in [-0.4, -0.2) is 26.7 Å². The number of benzene rings is 2. The van der Waals surface area contributed by atoms with Crippen molar-refractivity contribution in [3.63, 3.8) is 0 Å².